The van der Waals surface area contributed by atoms with Crippen molar-refractivity contribution in [3.63, 3.8) is 0 Å². The van der Waals surface area contributed by atoms with Crippen LogP contribution in [0.3, 0.4) is 0 Å². The molecule has 0 bridgehead atoms. The first-order chi connectivity index (χ1) is 5.98. The summed E-state index contributed by atoms with van der Waals surface area (Å²) in [5.41, 5.74) is 0. The van der Waals surface area contributed by atoms with E-state index < -0.39 is 28.9 Å². The second kappa shape index (κ2) is 4.14. The van der Waals surface area contributed by atoms with Gasteiger partial charge < -0.3 is 0 Å². The van der Waals surface area contributed by atoms with E-state index in [1.165, 1.54) is 0 Å². The lowest BCUT2D eigenvalue weighted by molar-refractivity contribution is -0.383. The van der Waals surface area contributed by atoms with Gasteiger partial charge in [-0.05, 0) is 13.8 Å². The molecule has 0 saturated carbocycles. The summed E-state index contributed by atoms with van der Waals surface area (Å²) in [4.78, 5) is -1.52. The average molecular weight is 244 g/mol. The minimum atomic E-state index is -5.47. The summed E-state index contributed by atoms with van der Waals surface area (Å²) in [6, 6.07) is -1.86. The lowest BCUT2D eigenvalue weighted by Crippen LogP contribution is -2.55. The lowest BCUT2D eigenvalue weighted by Gasteiger charge is -2.33. The Labute approximate surface area is 81.6 Å². The van der Waals surface area contributed by atoms with E-state index in [2.05, 4.69) is 0 Å². The highest BCUT2D eigenvalue weighted by molar-refractivity contribution is 6.20. The number of nitrogens with zero attached hydrogens (tertiary/aromatic N) is 1. The van der Waals surface area contributed by atoms with Crippen LogP contribution >= 0.6 is 11.6 Å². The lowest BCUT2D eigenvalue weighted by atomic mass is 10.2. The van der Waals surface area contributed by atoms with Gasteiger partial charge in [0.2, 0.25) is 0 Å². The van der Waals surface area contributed by atoms with Gasteiger partial charge in [-0.25, -0.2) is 0 Å². The fourth-order valence-electron chi connectivity index (χ4n) is 0.811. The van der Waals surface area contributed by atoms with Crippen molar-refractivity contribution in [2.24, 2.45) is 0 Å². The van der Waals surface area contributed by atoms with Crippen LogP contribution in [0.15, 0.2) is 0 Å². The van der Waals surface area contributed by atoms with E-state index in [0.717, 1.165) is 13.8 Å². The van der Waals surface area contributed by atoms with Crippen molar-refractivity contribution in [1.82, 2.24) is 4.90 Å². The van der Waals surface area contributed by atoms with Gasteiger partial charge >= 0.3 is 12.6 Å². The van der Waals surface area contributed by atoms with E-state index in [9.17, 15) is 26.3 Å². The largest absolute Gasteiger partial charge is 0.467 e. The molecule has 0 aromatic rings. The van der Waals surface area contributed by atoms with Crippen LogP contribution in [-0.2, 0) is 0 Å². The SMILES string of the molecule is C[C@H](Cl)[C@H](C)N(C(F)(F)F)C(F)(F)F. The average Bonchev–Trinajstić information content (AvgIpc) is 1.79. The van der Waals surface area contributed by atoms with Crippen molar-refractivity contribution in [3.8, 4) is 0 Å². The summed E-state index contributed by atoms with van der Waals surface area (Å²) in [5, 5.41) is -1.27. The quantitative estimate of drug-likeness (QED) is 0.408. The standard InChI is InChI=1S/C6H8ClF6N/c1-3(7)4(2)14(5(8,9)10)6(11,12)13/h3-4H,1-2H3/t3-,4-/m0/s1. The smallest absolute Gasteiger partial charge is 0.155 e. The molecular weight excluding hydrogens is 236 g/mol. The van der Waals surface area contributed by atoms with Gasteiger partial charge in [-0.1, -0.05) is 0 Å². The highest BCUT2D eigenvalue weighted by Gasteiger charge is 2.56. The number of alkyl halides is 7. The zero-order chi connectivity index (χ0) is 11.7. The number of hydrogen-bond donors (Lipinski definition) is 0. The Balaban J connectivity index is 4.94. The number of halogens is 7. The van der Waals surface area contributed by atoms with E-state index in [0.29, 0.717) is 0 Å². The predicted octanol–water partition coefficient (Wildman–Crippen LogP) is 3.34. The van der Waals surface area contributed by atoms with Gasteiger partial charge in [0.1, 0.15) is 0 Å². The minimum Gasteiger partial charge on any atom is -0.155 e. The zero-order valence-corrected chi connectivity index (χ0v) is 8.00. The van der Waals surface area contributed by atoms with Gasteiger partial charge in [0.05, 0.1) is 0 Å². The normalized spacial score (nSPS) is 18.4. The molecule has 0 rings (SSSR count). The van der Waals surface area contributed by atoms with Crippen molar-refractivity contribution >= 4 is 11.6 Å². The maximum Gasteiger partial charge on any atom is 0.467 e. The molecule has 0 aliphatic heterocycles. The first-order valence-electron chi connectivity index (χ1n) is 3.55. The van der Waals surface area contributed by atoms with E-state index >= 15 is 0 Å². The van der Waals surface area contributed by atoms with E-state index in [1.807, 2.05) is 0 Å². The number of hydrogen-bond acceptors (Lipinski definition) is 1. The first kappa shape index (κ1) is 13.8. The van der Waals surface area contributed by atoms with Crippen molar-refractivity contribution in [2.75, 3.05) is 0 Å². The van der Waals surface area contributed by atoms with E-state index in [1.54, 1.807) is 0 Å². The van der Waals surface area contributed by atoms with Gasteiger partial charge in [-0.2, -0.15) is 26.3 Å². The van der Waals surface area contributed by atoms with E-state index in [-0.39, 0.29) is 0 Å². The maximum absolute atomic E-state index is 12.0. The number of rotatable bonds is 2. The molecule has 0 unspecified atom stereocenters. The van der Waals surface area contributed by atoms with Crippen LogP contribution in [0.1, 0.15) is 13.8 Å². The molecule has 0 heterocycles. The predicted molar refractivity (Wildman–Crippen MR) is 38.7 cm³/mol. The van der Waals surface area contributed by atoms with Gasteiger partial charge in [0, 0.05) is 11.4 Å². The fourth-order valence-corrected chi connectivity index (χ4v) is 0.924. The van der Waals surface area contributed by atoms with Crippen molar-refractivity contribution in [1.29, 1.82) is 0 Å². The monoisotopic (exact) mass is 243 g/mol. The second-order valence-corrected chi connectivity index (χ2v) is 3.41. The third kappa shape index (κ3) is 3.53. The van der Waals surface area contributed by atoms with Crippen LogP contribution in [0.25, 0.3) is 0 Å². The Morgan fingerprint density at radius 2 is 1.21 bits per heavy atom. The molecule has 8 heteroatoms. The molecule has 0 spiro atoms. The van der Waals surface area contributed by atoms with Gasteiger partial charge in [0.15, 0.2) is 0 Å². The Kier molecular flexibility index (Phi) is 4.09. The molecule has 0 aliphatic carbocycles. The molecule has 0 aromatic carbocycles. The third-order valence-corrected chi connectivity index (χ3v) is 1.98. The Morgan fingerprint density at radius 3 is 1.29 bits per heavy atom. The molecule has 0 aliphatic rings. The van der Waals surface area contributed by atoms with E-state index in [4.69, 9.17) is 11.6 Å². The molecular formula is C6H8ClF6N. The zero-order valence-electron chi connectivity index (χ0n) is 7.25. The van der Waals surface area contributed by atoms with Crippen molar-refractivity contribution in [3.05, 3.63) is 0 Å². The van der Waals surface area contributed by atoms with Gasteiger partial charge in [-0.3, -0.25) is 0 Å². The van der Waals surface area contributed by atoms with Crippen LogP contribution in [0.2, 0.25) is 0 Å². The molecule has 2 atom stereocenters. The van der Waals surface area contributed by atoms with Crippen LogP contribution in [0.5, 0.6) is 0 Å². The topological polar surface area (TPSA) is 3.24 Å². The second-order valence-electron chi connectivity index (χ2n) is 2.72. The van der Waals surface area contributed by atoms with Crippen LogP contribution in [0, 0.1) is 0 Å². The van der Waals surface area contributed by atoms with Crippen LogP contribution in [0.4, 0.5) is 26.3 Å². The fraction of sp³-hybridized carbons (Fsp3) is 1.00. The van der Waals surface area contributed by atoms with Gasteiger partial charge in [0.25, 0.3) is 0 Å². The third-order valence-electron chi connectivity index (χ3n) is 1.62. The Bertz CT molecular complexity index is 172. The van der Waals surface area contributed by atoms with Crippen molar-refractivity contribution in [2.45, 2.75) is 37.9 Å². The Morgan fingerprint density at radius 1 is 0.929 bits per heavy atom. The summed E-state index contributed by atoms with van der Waals surface area (Å²) in [5.74, 6) is 0. The molecule has 86 valence electrons. The molecule has 0 amide bonds. The molecule has 0 fully saturated rings. The van der Waals surface area contributed by atoms with Crippen LogP contribution in [-0.4, -0.2) is 28.9 Å². The molecule has 0 radical (unpaired) electrons. The minimum absolute atomic E-state index is 0.763. The highest BCUT2D eigenvalue weighted by atomic mass is 35.5. The van der Waals surface area contributed by atoms with Crippen LogP contribution < -0.4 is 0 Å². The first-order valence-corrected chi connectivity index (χ1v) is 3.98. The summed E-state index contributed by atoms with van der Waals surface area (Å²) < 4.78 is 71.8. The summed E-state index contributed by atoms with van der Waals surface area (Å²) >= 11 is 5.19. The maximum atomic E-state index is 12.0. The van der Waals surface area contributed by atoms with Crippen molar-refractivity contribution < 1.29 is 26.3 Å². The molecule has 14 heavy (non-hydrogen) atoms. The molecule has 0 aromatic heterocycles. The molecule has 0 N–H and O–H groups in total. The summed E-state index contributed by atoms with van der Waals surface area (Å²) in [6.07, 6.45) is -10.9. The van der Waals surface area contributed by atoms with Gasteiger partial charge in [-0.15, -0.1) is 16.5 Å². The molecule has 0 saturated heterocycles. The highest BCUT2D eigenvalue weighted by Crippen LogP contribution is 2.36. The Hall–Kier alpha value is -0.170. The summed E-state index contributed by atoms with van der Waals surface area (Å²) in [6.45, 7) is 1.83. The molecule has 1 nitrogen and oxygen atoms in total. The summed E-state index contributed by atoms with van der Waals surface area (Å²) in [7, 11) is 0.